The first kappa shape index (κ1) is 31.1. The zero-order valence-corrected chi connectivity index (χ0v) is 24.0. The van der Waals surface area contributed by atoms with Crippen LogP contribution in [-0.4, -0.2) is 53.9 Å². The van der Waals surface area contributed by atoms with Crippen molar-refractivity contribution >= 4 is 24.8 Å². The number of carbonyl (C=O) groups is 1. The van der Waals surface area contributed by atoms with Crippen LogP contribution in [0.5, 0.6) is 0 Å². The third kappa shape index (κ3) is 11.1. The van der Waals surface area contributed by atoms with Gasteiger partial charge in [0.1, 0.15) is 6.29 Å². The summed E-state index contributed by atoms with van der Waals surface area (Å²) < 4.78 is 0. The summed E-state index contributed by atoms with van der Waals surface area (Å²) in [6.45, 7) is 12.7. The van der Waals surface area contributed by atoms with Crippen LogP contribution in [0.15, 0.2) is 77.0 Å². The third-order valence-electron chi connectivity index (χ3n) is 5.78. The van der Waals surface area contributed by atoms with E-state index in [1.807, 2.05) is 31.1 Å². The van der Waals surface area contributed by atoms with Crippen molar-refractivity contribution in [2.45, 2.75) is 46.6 Å². The minimum atomic E-state index is 0.750. The first-order valence-electron chi connectivity index (χ1n) is 13.0. The van der Waals surface area contributed by atoms with Crippen molar-refractivity contribution in [2.75, 3.05) is 26.0 Å². The van der Waals surface area contributed by atoms with Gasteiger partial charge in [-0.2, -0.15) is 0 Å². The molecule has 0 saturated heterocycles. The van der Waals surface area contributed by atoms with Crippen molar-refractivity contribution in [1.29, 1.82) is 0 Å². The molecule has 0 unspecified atom stereocenters. The smallest absolute Gasteiger partial charge is 0.159 e. The van der Waals surface area contributed by atoms with Gasteiger partial charge >= 0.3 is 0 Å². The van der Waals surface area contributed by atoms with E-state index in [1.165, 1.54) is 40.5 Å². The Hall–Kier alpha value is -3.13. The largest absolute Gasteiger partial charge is 0.320 e. The number of carbonyl (C=O) groups excluding carboxylic acids is 1. The zero-order valence-electron chi connectivity index (χ0n) is 23.2. The number of hydrogen-bond acceptors (Lipinski definition) is 7. The van der Waals surface area contributed by atoms with Gasteiger partial charge in [-0.1, -0.05) is 55.0 Å². The molecule has 3 aromatic rings. The minimum absolute atomic E-state index is 0.750. The first-order chi connectivity index (χ1) is 18.5. The fourth-order valence-electron chi connectivity index (χ4n) is 3.94. The number of rotatable bonds is 9. The lowest BCUT2D eigenvalue weighted by Crippen LogP contribution is -2.30. The molecule has 0 saturated carbocycles. The Bertz CT molecular complexity index is 1130. The summed E-state index contributed by atoms with van der Waals surface area (Å²) in [6, 6.07) is 17.1. The maximum absolute atomic E-state index is 8.81. The van der Waals surface area contributed by atoms with Gasteiger partial charge in [-0.05, 0) is 69.8 Å². The van der Waals surface area contributed by atoms with E-state index in [1.54, 1.807) is 12.4 Å². The van der Waals surface area contributed by atoms with Crippen LogP contribution in [0.4, 0.5) is 0 Å². The molecule has 0 bridgehead atoms. The number of hydrogen-bond donors (Lipinski definition) is 1. The maximum Gasteiger partial charge on any atom is 0.159 e. The molecular formula is C31H41N5OS. The number of aromatic nitrogens is 2. The number of benzene rings is 2. The fourth-order valence-corrected chi connectivity index (χ4v) is 4.92. The Labute approximate surface area is 232 Å². The van der Waals surface area contributed by atoms with Gasteiger partial charge in [-0.3, -0.25) is 9.89 Å². The highest BCUT2D eigenvalue weighted by molar-refractivity contribution is 8.03. The number of aryl methyl sites for hydroxylation is 1. The highest BCUT2D eigenvalue weighted by atomic mass is 32.2. The Morgan fingerprint density at radius 1 is 1.16 bits per heavy atom. The van der Waals surface area contributed by atoms with Gasteiger partial charge in [0.25, 0.3) is 0 Å². The van der Waals surface area contributed by atoms with Crippen LogP contribution in [0.2, 0.25) is 0 Å². The molecule has 4 rings (SSSR count). The molecule has 0 radical (unpaired) electrons. The van der Waals surface area contributed by atoms with Crippen molar-refractivity contribution in [3.8, 4) is 11.4 Å². The quantitative estimate of drug-likeness (QED) is 0.265. The molecule has 0 spiro atoms. The number of thioether (sulfide) groups is 1. The summed E-state index contributed by atoms with van der Waals surface area (Å²) in [6.07, 6.45) is 9.38. The molecule has 2 aromatic carbocycles. The average Bonchev–Trinajstić information content (AvgIpc) is 2.94. The third-order valence-corrected chi connectivity index (χ3v) is 6.89. The second kappa shape index (κ2) is 18.2. The Balaban J connectivity index is 0.000000559. The molecule has 7 heteroatoms. The summed E-state index contributed by atoms with van der Waals surface area (Å²) in [4.78, 5) is 25.2. The van der Waals surface area contributed by atoms with E-state index in [-0.39, 0.29) is 0 Å². The second-order valence-corrected chi connectivity index (χ2v) is 9.98. The molecule has 6 nitrogen and oxygen atoms in total. The molecule has 1 aliphatic rings. The summed E-state index contributed by atoms with van der Waals surface area (Å²) in [5.41, 5.74) is 6.57. The van der Waals surface area contributed by atoms with Crippen LogP contribution >= 0.6 is 11.8 Å². The lowest BCUT2D eigenvalue weighted by molar-refractivity contribution is -0.106. The molecular weight excluding hydrogens is 490 g/mol. The van der Waals surface area contributed by atoms with Crippen molar-refractivity contribution in [3.63, 3.8) is 0 Å². The average molecular weight is 532 g/mol. The summed E-state index contributed by atoms with van der Waals surface area (Å²) in [7, 11) is 1.96. The van der Waals surface area contributed by atoms with Crippen LogP contribution in [0.1, 0.15) is 42.5 Å². The lowest BCUT2D eigenvalue weighted by atomic mass is 9.98. The molecule has 1 aliphatic heterocycles. The highest BCUT2D eigenvalue weighted by Crippen LogP contribution is 2.27. The van der Waals surface area contributed by atoms with Crippen LogP contribution < -0.4 is 5.32 Å². The molecule has 0 fully saturated rings. The maximum atomic E-state index is 8.81. The first-order valence-corrected chi connectivity index (χ1v) is 14.0. The van der Waals surface area contributed by atoms with Crippen LogP contribution in [-0.2, 0) is 24.2 Å². The van der Waals surface area contributed by atoms with Crippen LogP contribution in [0.25, 0.3) is 11.4 Å². The second-order valence-electron chi connectivity index (χ2n) is 8.91. The standard InChI is InChI=1S/C25H26N4S.C4H11N.C2H4O/c1-19-4-7-21-10-13-29(17-23(21)14-19)18-30-24(16-26-2)15-20-5-8-22(9-6-20)25-27-11-3-12-28-25;1-3-4-5-2;1-2-3/h3-9,11-12,14,16H,2,10,13,15,17-18H2,1H3;5H,3-4H2,1-2H3;2H,1H3/b24-16-;;. The molecule has 1 N–H and O–H groups in total. The topological polar surface area (TPSA) is 70.5 Å². The van der Waals surface area contributed by atoms with E-state index in [0.717, 1.165) is 56.0 Å². The SMILES string of the molecule is C=N/C=C(/Cc1ccc(-c2ncccn2)cc1)SCN1CCc2ccc(C)cc2C1.CC=O.CCCNC. The van der Waals surface area contributed by atoms with Crippen LogP contribution in [0.3, 0.4) is 0 Å². The number of fused-ring (bicyclic) bond motifs is 1. The van der Waals surface area contributed by atoms with E-state index in [0.29, 0.717) is 0 Å². The van der Waals surface area contributed by atoms with Gasteiger partial charge in [0.2, 0.25) is 0 Å². The van der Waals surface area contributed by atoms with E-state index in [2.05, 4.69) is 88.2 Å². The summed E-state index contributed by atoms with van der Waals surface area (Å²) in [5.74, 6) is 1.72. The Kier molecular flexibility index (Phi) is 14.9. The predicted molar refractivity (Wildman–Crippen MR) is 163 cm³/mol. The molecule has 38 heavy (non-hydrogen) atoms. The minimum Gasteiger partial charge on any atom is -0.320 e. The van der Waals surface area contributed by atoms with E-state index >= 15 is 0 Å². The van der Waals surface area contributed by atoms with Crippen molar-refractivity contribution in [1.82, 2.24) is 20.2 Å². The fraction of sp³-hybridized carbons (Fsp3) is 0.355. The molecule has 0 aliphatic carbocycles. The van der Waals surface area contributed by atoms with Crippen molar-refractivity contribution in [3.05, 3.63) is 94.3 Å². The highest BCUT2D eigenvalue weighted by Gasteiger charge is 2.16. The van der Waals surface area contributed by atoms with Gasteiger partial charge in [-0.25, -0.2) is 9.97 Å². The van der Waals surface area contributed by atoms with Gasteiger partial charge in [0, 0.05) is 54.4 Å². The number of aliphatic imine (C=N–C) groups is 1. The Morgan fingerprint density at radius 3 is 2.47 bits per heavy atom. The lowest BCUT2D eigenvalue weighted by Gasteiger charge is -2.29. The van der Waals surface area contributed by atoms with E-state index in [9.17, 15) is 0 Å². The van der Waals surface area contributed by atoms with E-state index < -0.39 is 0 Å². The monoisotopic (exact) mass is 531 g/mol. The normalized spacial score (nSPS) is 12.8. The predicted octanol–water partition coefficient (Wildman–Crippen LogP) is 6.11. The summed E-state index contributed by atoms with van der Waals surface area (Å²) in [5, 5.41) is 3.02. The molecule has 1 aromatic heterocycles. The van der Waals surface area contributed by atoms with Crippen molar-refractivity contribution < 1.29 is 4.79 Å². The number of allylic oxidation sites excluding steroid dienone is 1. The van der Waals surface area contributed by atoms with Gasteiger partial charge in [0.15, 0.2) is 5.82 Å². The van der Waals surface area contributed by atoms with Crippen LogP contribution in [0, 0.1) is 6.92 Å². The number of nitrogens with zero attached hydrogens (tertiary/aromatic N) is 4. The molecule has 2 heterocycles. The molecule has 0 atom stereocenters. The van der Waals surface area contributed by atoms with Gasteiger partial charge in [0.05, 0.1) is 0 Å². The van der Waals surface area contributed by atoms with Gasteiger partial charge in [-0.15, -0.1) is 11.8 Å². The van der Waals surface area contributed by atoms with Crippen molar-refractivity contribution in [2.24, 2.45) is 4.99 Å². The summed E-state index contributed by atoms with van der Waals surface area (Å²) >= 11 is 1.86. The molecule has 202 valence electrons. The van der Waals surface area contributed by atoms with E-state index in [4.69, 9.17) is 4.79 Å². The number of aldehydes is 1. The zero-order chi connectivity index (χ0) is 27.6. The van der Waals surface area contributed by atoms with Gasteiger partial charge < -0.3 is 10.1 Å². The Morgan fingerprint density at radius 2 is 1.87 bits per heavy atom. The number of nitrogens with one attached hydrogen (secondary N) is 1. The molecule has 0 amide bonds.